The Balaban J connectivity index is 1.57. The van der Waals surface area contributed by atoms with Crippen molar-refractivity contribution in [2.24, 2.45) is 0 Å². The first-order valence-corrected chi connectivity index (χ1v) is 10.8. The van der Waals surface area contributed by atoms with E-state index in [2.05, 4.69) is 14.9 Å². The summed E-state index contributed by atoms with van der Waals surface area (Å²) < 4.78 is 15.7. The third-order valence-corrected chi connectivity index (χ3v) is 5.90. The summed E-state index contributed by atoms with van der Waals surface area (Å²) >= 11 is 0. The molecule has 4 aromatic rings. The number of anilines is 2. The molecule has 2 aromatic heterocycles. The van der Waals surface area contributed by atoms with E-state index in [1.165, 1.54) is 12.1 Å². The number of nitrogens with one attached hydrogen (secondary N) is 1. The minimum atomic E-state index is -0.285. The monoisotopic (exact) mass is 429 g/mol. The summed E-state index contributed by atoms with van der Waals surface area (Å²) in [6.07, 6.45) is 6.58. The highest BCUT2D eigenvalue weighted by Crippen LogP contribution is 2.37. The number of rotatable bonds is 5. The fourth-order valence-electron chi connectivity index (χ4n) is 4.25. The first kappa shape index (κ1) is 20.3. The van der Waals surface area contributed by atoms with Gasteiger partial charge in [0.25, 0.3) is 0 Å². The Morgan fingerprint density at radius 1 is 0.906 bits per heavy atom. The molecule has 162 valence electrons. The van der Waals surface area contributed by atoms with Crippen molar-refractivity contribution < 1.29 is 9.50 Å². The maximum absolute atomic E-state index is 13.5. The molecule has 0 radical (unpaired) electrons. The predicted molar refractivity (Wildman–Crippen MR) is 122 cm³/mol. The Bertz CT molecular complexity index is 1180. The van der Waals surface area contributed by atoms with E-state index in [4.69, 9.17) is 9.97 Å². The number of aromatic nitrogens is 4. The zero-order valence-corrected chi connectivity index (χ0v) is 17.5. The molecule has 0 spiro atoms. The van der Waals surface area contributed by atoms with Gasteiger partial charge in [0.05, 0.1) is 29.5 Å². The minimum absolute atomic E-state index is 0.218. The molecule has 0 saturated heterocycles. The average molecular weight is 429 g/mol. The van der Waals surface area contributed by atoms with Crippen LogP contribution in [0.1, 0.15) is 31.7 Å². The number of imidazole rings is 1. The Hall–Kier alpha value is -3.58. The van der Waals surface area contributed by atoms with Gasteiger partial charge in [0.15, 0.2) is 0 Å². The molecule has 1 aliphatic carbocycles. The summed E-state index contributed by atoms with van der Waals surface area (Å²) in [4.78, 5) is 13.9. The summed E-state index contributed by atoms with van der Waals surface area (Å²) in [6.45, 7) is 0. The van der Waals surface area contributed by atoms with Crippen LogP contribution < -0.4 is 5.32 Å². The van der Waals surface area contributed by atoms with E-state index in [0.29, 0.717) is 5.95 Å². The number of hydrogen-bond donors (Lipinski definition) is 2. The quantitative estimate of drug-likeness (QED) is 0.446. The molecule has 2 aromatic carbocycles. The highest BCUT2D eigenvalue weighted by atomic mass is 19.1. The number of halogens is 1. The van der Waals surface area contributed by atoms with Crippen molar-refractivity contribution in [3.63, 3.8) is 0 Å². The molecule has 1 aliphatic rings. The van der Waals surface area contributed by atoms with Crippen LogP contribution in [-0.2, 0) is 0 Å². The van der Waals surface area contributed by atoms with Gasteiger partial charge in [-0.15, -0.1) is 0 Å². The van der Waals surface area contributed by atoms with Crippen molar-refractivity contribution in [2.45, 2.75) is 37.8 Å². The Morgan fingerprint density at radius 3 is 2.41 bits per heavy atom. The third-order valence-electron chi connectivity index (χ3n) is 5.90. The first-order chi connectivity index (χ1) is 15.7. The van der Waals surface area contributed by atoms with Crippen LogP contribution in [-0.4, -0.2) is 30.7 Å². The zero-order valence-electron chi connectivity index (χ0n) is 17.5. The molecular formula is C25H24FN5O. The van der Waals surface area contributed by atoms with Gasteiger partial charge < -0.3 is 15.0 Å². The molecule has 5 rings (SSSR count). The Labute approximate surface area is 185 Å². The van der Waals surface area contributed by atoms with Crippen LogP contribution in [0, 0.1) is 5.82 Å². The number of aliphatic hydroxyl groups excluding tert-OH is 1. The van der Waals surface area contributed by atoms with E-state index < -0.39 is 0 Å². The molecule has 1 saturated carbocycles. The molecule has 2 N–H and O–H groups in total. The topological polar surface area (TPSA) is 75.9 Å². The molecule has 2 heterocycles. The standard InChI is InChI=1S/C25H24FN5O/c26-18-8-6-17(7-9-18)23-24(31(16-28-23)20-10-12-21(32)13-11-20)22-14-15-27-25(30-22)29-19-4-2-1-3-5-19/h1-9,14-16,20-21,32H,10-13H2,(H,27,29,30)/t20-,21-. The molecule has 32 heavy (non-hydrogen) atoms. The summed E-state index contributed by atoms with van der Waals surface area (Å²) in [6, 6.07) is 18.2. The smallest absolute Gasteiger partial charge is 0.227 e. The van der Waals surface area contributed by atoms with Gasteiger partial charge in [0, 0.05) is 23.5 Å². The van der Waals surface area contributed by atoms with E-state index in [9.17, 15) is 9.50 Å². The number of benzene rings is 2. The van der Waals surface area contributed by atoms with Crippen molar-refractivity contribution in [1.82, 2.24) is 19.5 Å². The normalized spacial score (nSPS) is 18.4. The van der Waals surface area contributed by atoms with Gasteiger partial charge in [-0.2, -0.15) is 0 Å². The molecule has 0 bridgehead atoms. The molecule has 0 atom stereocenters. The molecule has 1 fully saturated rings. The number of nitrogens with zero attached hydrogens (tertiary/aromatic N) is 4. The van der Waals surface area contributed by atoms with Gasteiger partial charge in [-0.3, -0.25) is 0 Å². The van der Waals surface area contributed by atoms with Gasteiger partial charge >= 0.3 is 0 Å². The SMILES string of the molecule is O[C@H]1CC[C@H](n2cnc(-c3ccc(F)cc3)c2-c2ccnc(Nc3ccccc3)n2)CC1. The zero-order chi connectivity index (χ0) is 21.9. The molecule has 0 unspecified atom stereocenters. The molecule has 0 amide bonds. The second-order valence-corrected chi connectivity index (χ2v) is 8.07. The van der Waals surface area contributed by atoms with E-state index in [-0.39, 0.29) is 18.0 Å². The highest BCUT2D eigenvalue weighted by molar-refractivity contribution is 5.77. The number of para-hydroxylation sites is 1. The fourth-order valence-corrected chi connectivity index (χ4v) is 4.25. The van der Waals surface area contributed by atoms with Crippen molar-refractivity contribution in [3.05, 3.63) is 79.0 Å². The van der Waals surface area contributed by atoms with Gasteiger partial charge in [-0.25, -0.2) is 19.3 Å². The lowest BCUT2D eigenvalue weighted by molar-refractivity contribution is 0.111. The van der Waals surface area contributed by atoms with E-state index in [1.807, 2.05) is 42.7 Å². The first-order valence-electron chi connectivity index (χ1n) is 10.8. The largest absolute Gasteiger partial charge is 0.393 e. The maximum Gasteiger partial charge on any atom is 0.227 e. The van der Waals surface area contributed by atoms with Gasteiger partial charge in [0.1, 0.15) is 5.82 Å². The summed E-state index contributed by atoms with van der Waals surface area (Å²) in [5.41, 5.74) is 4.09. The van der Waals surface area contributed by atoms with Crippen molar-refractivity contribution in [2.75, 3.05) is 5.32 Å². The third kappa shape index (κ3) is 4.24. The summed E-state index contributed by atoms with van der Waals surface area (Å²) in [5.74, 6) is 0.206. The maximum atomic E-state index is 13.5. The van der Waals surface area contributed by atoms with Crippen LogP contribution in [0.4, 0.5) is 16.0 Å². The fraction of sp³-hybridized carbons (Fsp3) is 0.240. The number of hydrogen-bond acceptors (Lipinski definition) is 5. The summed E-state index contributed by atoms with van der Waals surface area (Å²) in [7, 11) is 0. The van der Waals surface area contributed by atoms with Crippen molar-refractivity contribution in [1.29, 1.82) is 0 Å². The Morgan fingerprint density at radius 2 is 1.66 bits per heavy atom. The second kappa shape index (κ2) is 8.88. The highest BCUT2D eigenvalue weighted by Gasteiger charge is 2.26. The van der Waals surface area contributed by atoms with E-state index in [1.54, 1.807) is 18.3 Å². The lowest BCUT2D eigenvalue weighted by atomic mass is 9.92. The van der Waals surface area contributed by atoms with Crippen LogP contribution in [0.5, 0.6) is 0 Å². The van der Waals surface area contributed by atoms with Crippen molar-refractivity contribution >= 4 is 11.6 Å². The number of aliphatic hydroxyl groups is 1. The molecule has 6 nitrogen and oxygen atoms in total. The molecule has 0 aliphatic heterocycles. The van der Waals surface area contributed by atoms with Crippen LogP contribution in [0.3, 0.4) is 0 Å². The lowest BCUT2D eigenvalue weighted by Crippen LogP contribution is -2.21. The predicted octanol–water partition coefficient (Wildman–Crippen LogP) is 5.37. The molecular weight excluding hydrogens is 405 g/mol. The average Bonchev–Trinajstić information content (AvgIpc) is 3.26. The Kier molecular flexibility index (Phi) is 5.64. The second-order valence-electron chi connectivity index (χ2n) is 8.07. The van der Waals surface area contributed by atoms with Gasteiger partial charge in [0.2, 0.25) is 5.95 Å². The summed E-state index contributed by atoms with van der Waals surface area (Å²) in [5, 5.41) is 13.2. The van der Waals surface area contributed by atoms with Crippen LogP contribution in [0.25, 0.3) is 22.6 Å². The van der Waals surface area contributed by atoms with E-state index >= 15 is 0 Å². The van der Waals surface area contributed by atoms with Gasteiger partial charge in [-0.1, -0.05) is 18.2 Å². The van der Waals surface area contributed by atoms with Crippen LogP contribution in [0.2, 0.25) is 0 Å². The lowest BCUT2D eigenvalue weighted by Gasteiger charge is -2.28. The minimum Gasteiger partial charge on any atom is -0.393 e. The van der Waals surface area contributed by atoms with Crippen LogP contribution >= 0.6 is 0 Å². The van der Waals surface area contributed by atoms with Gasteiger partial charge in [-0.05, 0) is 68.1 Å². The molecule has 7 heteroatoms. The van der Waals surface area contributed by atoms with Crippen LogP contribution in [0.15, 0.2) is 73.2 Å². The van der Waals surface area contributed by atoms with Crippen molar-refractivity contribution in [3.8, 4) is 22.6 Å². The van der Waals surface area contributed by atoms with E-state index in [0.717, 1.165) is 54.0 Å².